The topological polar surface area (TPSA) is 20.2 Å². The molecular formula is C7H9FO. The number of alkyl halides is 1. The molecular weight excluding hydrogens is 119 g/mol. The van der Waals surface area contributed by atoms with E-state index in [0.29, 0.717) is 11.8 Å². The van der Waals surface area contributed by atoms with Crippen molar-refractivity contribution in [3.63, 3.8) is 0 Å². The summed E-state index contributed by atoms with van der Waals surface area (Å²) in [5, 5.41) is 9.28. The van der Waals surface area contributed by atoms with Gasteiger partial charge in [0.2, 0.25) is 0 Å². The summed E-state index contributed by atoms with van der Waals surface area (Å²) < 4.78 is 12.9. The highest BCUT2D eigenvalue weighted by atomic mass is 19.1. The first-order valence-electron chi connectivity index (χ1n) is 3.63. The van der Waals surface area contributed by atoms with Crippen LogP contribution in [0, 0.1) is 23.7 Å². The highest BCUT2D eigenvalue weighted by Gasteiger charge is 2.74. The maximum Gasteiger partial charge on any atom is 0.109 e. The number of hydrogen-bond acceptors (Lipinski definition) is 1. The molecule has 0 aliphatic heterocycles. The molecule has 6 atom stereocenters. The van der Waals surface area contributed by atoms with Gasteiger partial charge in [0, 0.05) is 5.92 Å². The molecule has 4 aliphatic carbocycles. The average Bonchev–Trinajstić information content (AvgIpc) is 2.18. The van der Waals surface area contributed by atoms with Gasteiger partial charge in [0.1, 0.15) is 6.17 Å². The van der Waals surface area contributed by atoms with Crippen LogP contribution >= 0.6 is 0 Å². The largest absolute Gasteiger partial charge is 0.392 e. The highest BCUT2D eigenvalue weighted by molar-refractivity contribution is 5.21. The average molecular weight is 128 g/mol. The quantitative estimate of drug-likeness (QED) is 0.506. The molecule has 4 aliphatic rings. The fourth-order valence-corrected chi connectivity index (χ4v) is 3.01. The lowest BCUT2D eigenvalue weighted by Crippen LogP contribution is -2.16. The zero-order valence-electron chi connectivity index (χ0n) is 5.00. The van der Waals surface area contributed by atoms with Crippen LogP contribution in [0.15, 0.2) is 0 Å². The number of aliphatic hydroxyl groups is 1. The number of aliphatic hydroxyl groups excluding tert-OH is 1. The second-order valence-electron chi connectivity index (χ2n) is 3.65. The first-order chi connectivity index (χ1) is 4.30. The summed E-state index contributed by atoms with van der Waals surface area (Å²) in [6.07, 6.45) is 0.0579. The minimum absolute atomic E-state index is 0.0324. The molecule has 4 saturated carbocycles. The van der Waals surface area contributed by atoms with E-state index in [1.807, 2.05) is 0 Å². The summed E-state index contributed by atoms with van der Waals surface area (Å²) in [6, 6.07) is 0. The third-order valence-corrected chi connectivity index (χ3v) is 3.45. The molecule has 0 aromatic carbocycles. The van der Waals surface area contributed by atoms with E-state index in [1.54, 1.807) is 0 Å². The molecule has 4 bridgehead atoms. The minimum Gasteiger partial charge on any atom is -0.392 e. The standard InChI is InChI=1S/C7H9FO/c8-6-3-1-2-4(6)5(2)7(3)9/h2-7,9H,1H2/t2-,3+,4?,5?,6+,7+/m1/s1. The Bertz CT molecular complexity index is 150. The van der Waals surface area contributed by atoms with Crippen molar-refractivity contribution in [1.82, 2.24) is 0 Å². The van der Waals surface area contributed by atoms with Crippen molar-refractivity contribution in [1.29, 1.82) is 0 Å². The van der Waals surface area contributed by atoms with E-state index < -0.39 is 6.17 Å². The predicted octanol–water partition coefficient (Wildman–Crippen LogP) is 0.581. The van der Waals surface area contributed by atoms with Crippen LogP contribution in [-0.4, -0.2) is 17.4 Å². The lowest BCUT2D eigenvalue weighted by atomic mass is 10.1. The molecule has 0 saturated heterocycles. The highest BCUT2D eigenvalue weighted by Crippen LogP contribution is 2.71. The predicted molar refractivity (Wildman–Crippen MR) is 29.5 cm³/mol. The van der Waals surface area contributed by atoms with Crippen LogP contribution in [0.3, 0.4) is 0 Å². The Morgan fingerprint density at radius 3 is 2.11 bits per heavy atom. The second-order valence-corrected chi connectivity index (χ2v) is 3.65. The van der Waals surface area contributed by atoms with E-state index in [9.17, 15) is 9.50 Å². The van der Waals surface area contributed by atoms with Crippen LogP contribution in [0.5, 0.6) is 0 Å². The summed E-state index contributed by atoms with van der Waals surface area (Å²) >= 11 is 0. The van der Waals surface area contributed by atoms with Crippen molar-refractivity contribution < 1.29 is 9.50 Å². The Morgan fingerprint density at radius 2 is 2.00 bits per heavy atom. The summed E-state index contributed by atoms with van der Waals surface area (Å²) in [5.41, 5.74) is 0. The Kier molecular flexibility index (Phi) is 0.544. The Balaban J connectivity index is 2.07. The van der Waals surface area contributed by atoms with Gasteiger partial charge in [0.25, 0.3) is 0 Å². The van der Waals surface area contributed by atoms with Crippen LogP contribution in [0.1, 0.15) is 6.42 Å². The molecule has 0 aromatic rings. The van der Waals surface area contributed by atoms with E-state index in [0.717, 1.165) is 6.42 Å². The molecule has 9 heavy (non-hydrogen) atoms. The fraction of sp³-hybridized carbons (Fsp3) is 1.00. The van der Waals surface area contributed by atoms with Crippen LogP contribution in [-0.2, 0) is 0 Å². The molecule has 4 rings (SSSR count). The summed E-state index contributed by atoms with van der Waals surface area (Å²) in [7, 11) is 0. The van der Waals surface area contributed by atoms with Gasteiger partial charge in [-0.1, -0.05) is 0 Å². The molecule has 2 unspecified atom stereocenters. The van der Waals surface area contributed by atoms with E-state index in [4.69, 9.17) is 0 Å². The lowest BCUT2D eigenvalue weighted by Gasteiger charge is -2.07. The summed E-state index contributed by atoms with van der Waals surface area (Å²) in [5.74, 6) is 1.28. The minimum atomic E-state index is -0.644. The normalized spacial score (nSPS) is 75.3. The van der Waals surface area contributed by atoms with Crippen molar-refractivity contribution in [2.45, 2.75) is 18.7 Å². The Labute approximate surface area is 52.9 Å². The van der Waals surface area contributed by atoms with E-state index in [1.165, 1.54) is 0 Å². The number of halogens is 1. The lowest BCUT2D eigenvalue weighted by molar-refractivity contribution is 0.110. The van der Waals surface area contributed by atoms with Crippen LogP contribution in [0.2, 0.25) is 0 Å². The van der Waals surface area contributed by atoms with Crippen molar-refractivity contribution in [2.75, 3.05) is 0 Å². The maximum atomic E-state index is 12.9. The molecule has 0 amide bonds. The monoisotopic (exact) mass is 128 g/mol. The van der Waals surface area contributed by atoms with Crippen molar-refractivity contribution in [2.24, 2.45) is 23.7 Å². The third-order valence-electron chi connectivity index (χ3n) is 3.45. The SMILES string of the molecule is O[C@@H]1C2C3[C@H]2C[C@H]1[C@@H]3F. The second kappa shape index (κ2) is 1.05. The van der Waals surface area contributed by atoms with Gasteiger partial charge in [0.15, 0.2) is 0 Å². The van der Waals surface area contributed by atoms with E-state index >= 15 is 0 Å². The van der Waals surface area contributed by atoms with Gasteiger partial charge in [0.05, 0.1) is 6.10 Å². The molecule has 2 heteroatoms. The molecule has 50 valence electrons. The molecule has 0 radical (unpaired) electrons. The van der Waals surface area contributed by atoms with E-state index in [2.05, 4.69) is 0 Å². The molecule has 1 N–H and O–H groups in total. The van der Waals surface area contributed by atoms with Gasteiger partial charge in [-0.2, -0.15) is 0 Å². The number of rotatable bonds is 0. The molecule has 0 heterocycles. The third kappa shape index (κ3) is 0.306. The van der Waals surface area contributed by atoms with Crippen molar-refractivity contribution in [3.8, 4) is 0 Å². The first kappa shape index (κ1) is 4.67. The maximum absolute atomic E-state index is 12.9. The summed E-state index contributed by atoms with van der Waals surface area (Å²) in [6.45, 7) is 0. The smallest absolute Gasteiger partial charge is 0.109 e. The van der Waals surface area contributed by atoms with Crippen molar-refractivity contribution >= 4 is 0 Å². The molecule has 0 spiro atoms. The Morgan fingerprint density at radius 1 is 1.22 bits per heavy atom. The van der Waals surface area contributed by atoms with Crippen molar-refractivity contribution in [3.05, 3.63) is 0 Å². The number of hydrogen-bond donors (Lipinski definition) is 1. The first-order valence-corrected chi connectivity index (χ1v) is 3.63. The zero-order valence-corrected chi connectivity index (χ0v) is 5.00. The van der Waals surface area contributed by atoms with Gasteiger partial charge >= 0.3 is 0 Å². The van der Waals surface area contributed by atoms with Gasteiger partial charge in [-0.25, -0.2) is 4.39 Å². The zero-order chi connectivity index (χ0) is 6.17. The molecule has 4 fully saturated rings. The fourth-order valence-electron chi connectivity index (χ4n) is 3.01. The van der Waals surface area contributed by atoms with Gasteiger partial charge in [-0.05, 0) is 24.2 Å². The molecule has 0 aromatic heterocycles. The van der Waals surface area contributed by atoms with Gasteiger partial charge in [-0.15, -0.1) is 0 Å². The van der Waals surface area contributed by atoms with Gasteiger partial charge < -0.3 is 5.11 Å². The Hall–Kier alpha value is -0.110. The van der Waals surface area contributed by atoms with Gasteiger partial charge in [-0.3, -0.25) is 0 Å². The summed E-state index contributed by atoms with van der Waals surface area (Å²) in [4.78, 5) is 0. The molecule has 1 nitrogen and oxygen atoms in total. The van der Waals surface area contributed by atoms with Crippen LogP contribution < -0.4 is 0 Å². The van der Waals surface area contributed by atoms with Crippen LogP contribution in [0.25, 0.3) is 0 Å². The van der Waals surface area contributed by atoms with Crippen LogP contribution in [0.4, 0.5) is 4.39 Å². The van der Waals surface area contributed by atoms with E-state index in [-0.39, 0.29) is 17.9 Å².